The van der Waals surface area contributed by atoms with E-state index in [-0.39, 0.29) is 12.5 Å². The van der Waals surface area contributed by atoms with Crippen molar-refractivity contribution in [3.05, 3.63) is 52.8 Å². The van der Waals surface area contributed by atoms with E-state index in [9.17, 15) is 18.0 Å². The fourth-order valence-electron chi connectivity index (χ4n) is 2.97. The largest absolute Gasteiger partial charge is 0.435 e. The number of alkyl halides is 3. The van der Waals surface area contributed by atoms with Gasteiger partial charge >= 0.3 is 6.18 Å². The lowest BCUT2D eigenvalue weighted by Gasteiger charge is -2.40. The van der Waals surface area contributed by atoms with Gasteiger partial charge in [-0.05, 0) is 18.2 Å². The lowest BCUT2D eigenvalue weighted by atomic mass is 10.00. The second-order valence-corrected chi connectivity index (χ2v) is 6.08. The SMILES string of the molecule is O=c1ccc(C(F)(F)F)nn1CC1CN(c2ncnc3ncccc23)C1. The second-order valence-electron chi connectivity index (χ2n) is 6.08. The van der Waals surface area contributed by atoms with Crippen molar-refractivity contribution in [2.75, 3.05) is 18.0 Å². The van der Waals surface area contributed by atoms with Gasteiger partial charge in [0.2, 0.25) is 0 Å². The van der Waals surface area contributed by atoms with Crippen molar-refractivity contribution >= 4 is 16.9 Å². The number of anilines is 1. The molecule has 4 rings (SSSR count). The molecule has 1 saturated heterocycles. The highest BCUT2D eigenvalue weighted by Gasteiger charge is 2.34. The molecule has 0 amide bonds. The van der Waals surface area contributed by atoms with Crippen molar-refractivity contribution in [2.45, 2.75) is 12.7 Å². The smallest absolute Gasteiger partial charge is 0.355 e. The van der Waals surface area contributed by atoms with Crippen molar-refractivity contribution in [3.63, 3.8) is 0 Å². The van der Waals surface area contributed by atoms with Crippen molar-refractivity contribution in [2.24, 2.45) is 5.92 Å². The maximum atomic E-state index is 12.8. The molecule has 0 N–H and O–H groups in total. The van der Waals surface area contributed by atoms with Crippen molar-refractivity contribution in [1.82, 2.24) is 24.7 Å². The Morgan fingerprint density at radius 2 is 1.92 bits per heavy atom. The molecule has 26 heavy (non-hydrogen) atoms. The van der Waals surface area contributed by atoms with Crippen LogP contribution in [-0.2, 0) is 12.7 Å². The van der Waals surface area contributed by atoms with E-state index >= 15 is 0 Å². The first kappa shape index (κ1) is 16.4. The predicted molar refractivity (Wildman–Crippen MR) is 86.5 cm³/mol. The summed E-state index contributed by atoms with van der Waals surface area (Å²) in [5, 5.41) is 4.25. The van der Waals surface area contributed by atoms with Crippen LogP contribution in [0.5, 0.6) is 0 Å². The van der Waals surface area contributed by atoms with Gasteiger partial charge in [-0.2, -0.15) is 18.3 Å². The molecule has 0 saturated carbocycles. The molecule has 0 unspecified atom stereocenters. The van der Waals surface area contributed by atoms with Crippen LogP contribution in [-0.4, -0.2) is 37.8 Å². The molecule has 0 bridgehead atoms. The van der Waals surface area contributed by atoms with Crippen LogP contribution in [0.4, 0.5) is 19.0 Å². The first-order valence-electron chi connectivity index (χ1n) is 7.88. The highest BCUT2D eigenvalue weighted by molar-refractivity contribution is 5.86. The number of hydrogen-bond donors (Lipinski definition) is 0. The topological polar surface area (TPSA) is 76.8 Å². The Morgan fingerprint density at radius 3 is 2.69 bits per heavy atom. The first-order chi connectivity index (χ1) is 12.4. The molecule has 1 aliphatic rings. The molecular weight excluding hydrogens is 349 g/mol. The van der Waals surface area contributed by atoms with Gasteiger partial charge in [0.05, 0.1) is 11.9 Å². The van der Waals surface area contributed by atoms with E-state index < -0.39 is 17.4 Å². The van der Waals surface area contributed by atoms with Gasteiger partial charge < -0.3 is 4.90 Å². The lowest BCUT2D eigenvalue weighted by molar-refractivity contribution is -0.142. The van der Waals surface area contributed by atoms with E-state index in [4.69, 9.17) is 0 Å². The molecule has 4 heterocycles. The second kappa shape index (κ2) is 6.04. The highest BCUT2D eigenvalue weighted by atomic mass is 19.4. The summed E-state index contributed by atoms with van der Waals surface area (Å²) in [5.41, 5.74) is -1.04. The molecule has 1 aliphatic heterocycles. The van der Waals surface area contributed by atoms with E-state index in [1.165, 1.54) is 6.33 Å². The zero-order valence-corrected chi connectivity index (χ0v) is 13.4. The van der Waals surface area contributed by atoms with Gasteiger partial charge in [0.15, 0.2) is 11.3 Å². The third-order valence-electron chi connectivity index (χ3n) is 4.23. The number of hydrogen-bond acceptors (Lipinski definition) is 6. The third-order valence-corrected chi connectivity index (χ3v) is 4.23. The van der Waals surface area contributed by atoms with Crippen LogP contribution in [0, 0.1) is 5.92 Å². The fourth-order valence-corrected chi connectivity index (χ4v) is 2.97. The van der Waals surface area contributed by atoms with Gasteiger partial charge in [-0.1, -0.05) is 0 Å². The van der Waals surface area contributed by atoms with Gasteiger partial charge in [-0.15, -0.1) is 0 Å². The number of pyridine rings is 1. The maximum absolute atomic E-state index is 12.8. The molecule has 0 radical (unpaired) electrons. The van der Waals surface area contributed by atoms with Crippen molar-refractivity contribution in [3.8, 4) is 0 Å². The summed E-state index contributed by atoms with van der Waals surface area (Å²) in [4.78, 5) is 26.3. The van der Waals surface area contributed by atoms with E-state index in [2.05, 4.69) is 20.1 Å². The Balaban J connectivity index is 1.50. The molecule has 0 atom stereocenters. The number of aromatic nitrogens is 5. The standard InChI is InChI=1S/C16H13F3N6O/c17-16(18,19)12-3-4-13(26)25(23-12)8-10-6-24(7-10)15-11-2-1-5-20-14(11)21-9-22-15/h1-5,9-10H,6-8H2. The Hall–Kier alpha value is -3.04. The summed E-state index contributed by atoms with van der Waals surface area (Å²) < 4.78 is 39.2. The fraction of sp³-hybridized carbons (Fsp3) is 0.312. The van der Waals surface area contributed by atoms with Gasteiger partial charge in [-0.3, -0.25) is 4.79 Å². The number of rotatable bonds is 3. The molecular formula is C16H13F3N6O. The maximum Gasteiger partial charge on any atom is 0.435 e. The summed E-state index contributed by atoms with van der Waals surface area (Å²) >= 11 is 0. The normalized spacial score (nSPS) is 15.3. The van der Waals surface area contributed by atoms with Crippen molar-refractivity contribution < 1.29 is 13.2 Å². The summed E-state index contributed by atoms with van der Waals surface area (Å²) in [5.74, 6) is 0.731. The Labute approximate surface area is 145 Å². The average Bonchev–Trinajstić information content (AvgIpc) is 2.58. The zero-order valence-electron chi connectivity index (χ0n) is 13.4. The van der Waals surface area contributed by atoms with Gasteiger partial charge in [0.25, 0.3) is 5.56 Å². The highest BCUT2D eigenvalue weighted by Crippen LogP contribution is 2.29. The van der Waals surface area contributed by atoms with Crippen LogP contribution in [0.1, 0.15) is 5.69 Å². The summed E-state index contributed by atoms with van der Waals surface area (Å²) in [7, 11) is 0. The molecule has 134 valence electrons. The summed E-state index contributed by atoms with van der Waals surface area (Å²) in [6.45, 7) is 1.25. The van der Waals surface area contributed by atoms with E-state index in [0.29, 0.717) is 24.8 Å². The molecule has 0 spiro atoms. The van der Waals surface area contributed by atoms with Gasteiger partial charge in [-0.25, -0.2) is 19.6 Å². The molecule has 0 aliphatic carbocycles. The number of fused-ring (bicyclic) bond motifs is 1. The van der Waals surface area contributed by atoms with E-state index in [1.54, 1.807) is 12.3 Å². The molecule has 7 nitrogen and oxygen atoms in total. The number of halogens is 3. The quantitative estimate of drug-likeness (QED) is 0.706. The van der Waals surface area contributed by atoms with Crippen molar-refractivity contribution in [1.29, 1.82) is 0 Å². The summed E-state index contributed by atoms with van der Waals surface area (Å²) in [6, 6.07) is 5.25. The Bertz CT molecular complexity index is 1010. The average molecular weight is 362 g/mol. The molecule has 3 aromatic heterocycles. The first-order valence-corrected chi connectivity index (χ1v) is 7.88. The predicted octanol–water partition coefficient (Wildman–Crippen LogP) is 1.74. The van der Waals surface area contributed by atoms with E-state index in [0.717, 1.165) is 22.0 Å². The lowest BCUT2D eigenvalue weighted by Crippen LogP contribution is -2.50. The molecule has 10 heteroatoms. The third kappa shape index (κ3) is 2.98. The van der Waals surface area contributed by atoms with Crippen LogP contribution < -0.4 is 10.5 Å². The minimum Gasteiger partial charge on any atom is -0.355 e. The minimum absolute atomic E-state index is 0.00497. The van der Waals surface area contributed by atoms with Crippen LogP contribution in [0.25, 0.3) is 11.0 Å². The number of nitrogens with zero attached hydrogens (tertiary/aromatic N) is 6. The van der Waals surface area contributed by atoms with Gasteiger partial charge in [0, 0.05) is 31.3 Å². The zero-order chi connectivity index (χ0) is 18.3. The van der Waals surface area contributed by atoms with Crippen LogP contribution in [0.2, 0.25) is 0 Å². The summed E-state index contributed by atoms with van der Waals surface area (Å²) in [6.07, 6.45) is -1.51. The minimum atomic E-state index is -4.58. The van der Waals surface area contributed by atoms with Crippen LogP contribution in [0.3, 0.4) is 0 Å². The Morgan fingerprint density at radius 1 is 1.12 bits per heavy atom. The monoisotopic (exact) mass is 362 g/mol. The van der Waals surface area contributed by atoms with Gasteiger partial charge in [0.1, 0.15) is 12.1 Å². The van der Waals surface area contributed by atoms with Crippen LogP contribution in [0.15, 0.2) is 41.6 Å². The molecule has 0 aromatic carbocycles. The van der Waals surface area contributed by atoms with E-state index in [1.807, 2.05) is 11.0 Å². The van der Waals surface area contributed by atoms with Crippen LogP contribution >= 0.6 is 0 Å². The molecule has 3 aromatic rings. The molecule has 1 fully saturated rings. The Kier molecular flexibility index (Phi) is 3.82.